The van der Waals surface area contributed by atoms with Crippen molar-refractivity contribution in [2.24, 2.45) is 0 Å². The zero-order chi connectivity index (χ0) is 15.3. The Kier molecular flexibility index (Phi) is 4.59. The maximum atomic E-state index is 12.0. The second-order valence-electron chi connectivity index (χ2n) is 4.57. The molecule has 6 heteroatoms. The summed E-state index contributed by atoms with van der Waals surface area (Å²) in [6, 6.07) is 17.4. The molecule has 0 saturated carbocycles. The number of nitrogens with one attached hydrogen (secondary N) is 2. The van der Waals surface area contributed by atoms with Gasteiger partial charge in [-0.3, -0.25) is 9.52 Å². The number of carbonyl (C=O) groups is 1. The molecule has 0 aromatic heterocycles. The first kappa shape index (κ1) is 15.1. The maximum Gasteiger partial charge on any atom is 0.323 e. The molecule has 1 amide bonds. The summed E-state index contributed by atoms with van der Waals surface area (Å²) in [7, 11) is -3.94. The third kappa shape index (κ3) is 4.32. The van der Waals surface area contributed by atoms with Crippen LogP contribution in [0.5, 0.6) is 0 Å². The Morgan fingerprint density at radius 2 is 1.48 bits per heavy atom. The lowest BCUT2D eigenvalue weighted by atomic mass is 10.0. The van der Waals surface area contributed by atoms with Crippen LogP contribution in [0.4, 0.5) is 5.69 Å². The summed E-state index contributed by atoms with van der Waals surface area (Å²) in [5.41, 5.74) is 1.15. The van der Waals surface area contributed by atoms with Crippen LogP contribution in [0.1, 0.15) is 18.4 Å². The van der Waals surface area contributed by atoms with E-state index in [1.54, 1.807) is 61.5 Å². The van der Waals surface area contributed by atoms with E-state index in [2.05, 4.69) is 4.72 Å². The molecule has 0 fully saturated rings. The number of anilines is 1. The second-order valence-corrected chi connectivity index (χ2v) is 5.99. The molecular formula is C15H16N2O3S. The number of hydrogen-bond donors (Lipinski definition) is 2. The van der Waals surface area contributed by atoms with Crippen LogP contribution in [0.25, 0.3) is 0 Å². The zero-order valence-electron chi connectivity index (χ0n) is 11.5. The number of rotatable bonds is 5. The first-order chi connectivity index (χ1) is 9.98. The van der Waals surface area contributed by atoms with Gasteiger partial charge in [0.1, 0.15) is 0 Å². The molecule has 0 spiro atoms. The molecule has 0 aliphatic rings. The highest BCUT2D eigenvalue weighted by molar-refractivity contribution is 7.91. The quantitative estimate of drug-likeness (QED) is 0.889. The fourth-order valence-electron chi connectivity index (χ4n) is 1.80. The van der Waals surface area contributed by atoms with Crippen LogP contribution >= 0.6 is 0 Å². The van der Waals surface area contributed by atoms with Gasteiger partial charge in [0, 0.05) is 0 Å². The molecule has 1 atom stereocenters. The van der Waals surface area contributed by atoms with Crippen LogP contribution in [0, 0.1) is 0 Å². The highest BCUT2D eigenvalue weighted by atomic mass is 32.2. The van der Waals surface area contributed by atoms with Crippen molar-refractivity contribution >= 4 is 21.8 Å². The lowest BCUT2D eigenvalue weighted by Gasteiger charge is -2.13. The van der Waals surface area contributed by atoms with E-state index in [1.165, 1.54) is 0 Å². The molecule has 0 bridgehead atoms. The summed E-state index contributed by atoms with van der Waals surface area (Å²) in [5.74, 6) is -1.14. The third-order valence-electron chi connectivity index (χ3n) is 2.95. The summed E-state index contributed by atoms with van der Waals surface area (Å²) in [4.78, 5) is 12.0. The molecular weight excluding hydrogens is 288 g/mol. The van der Waals surface area contributed by atoms with E-state index >= 15 is 0 Å². The average molecular weight is 304 g/mol. The van der Waals surface area contributed by atoms with Gasteiger partial charge in [-0.05, 0) is 24.6 Å². The van der Waals surface area contributed by atoms with Gasteiger partial charge >= 0.3 is 10.2 Å². The van der Waals surface area contributed by atoms with E-state index in [0.29, 0.717) is 5.69 Å². The van der Waals surface area contributed by atoms with E-state index in [4.69, 9.17) is 0 Å². The molecule has 0 radical (unpaired) electrons. The first-order valence-corrected chi connectivity index (χ1v) is 7.90. The van der Waals surface area contributed by atoms with E-state index in [0.717, 1.165) is 5.56 Å². The molecule has 1 unspecified atom stereocenters. The Bertz CT molecular complexity index is 700. The Labute approximate surface area is 124 Å². The van der Waals surface area contributed by atoms with Crippen molar-refractivity contribution in [3.8, 4) is 0 Å². The van der Waals surface area contributed by atoms with Gasteiger partial charge in [-0.25, -0.2) is 4.72 Å². The van der Waals surface area contributed by atoms with Gasteiger partial charge in [0.15, 0.2) is 0 Å². The summed E-state index contributed by atoms with van der Waals surface area (Å²) >= 11 is 0. The monoisotopic (exact) mass is 304 g/mol. The average Bonchev–Trinajstić information content (AvgIpc) is 2.47. The predicted molar refractivity (Wildman–Crippen MR) is 82.0 cm³/mol. The maximum absolute atomic E-state index is 12.0. The van der Waals surface area contributed by atoms with Crippen LogP contribution in [0.2, 0.25) is 0 Å². The number of amides is 1. The summed E-state index contributed by atoms with van der Waals surface area (Å²) in [6.45, 7) is 1.66. The van der Waals surface area contributed by atoms with Crippen molar-refractivity contribution in [2.75, 3.05) is 4.72 Å². The molecule has 0 saturated heterocycles. The molecule has 0 aliphatic heterocycles. The minimum Gasteiger partial charge on any atom is -0.273 e. The van der Waals surface area contributed by atoms with Crippen LogP contribution in [0.3, 0.4) is 0 Å². The van der Waals surface area contributed by atoms with Gasteiger partial charge in [-0.15, -0.1) is 0 Å². The van der Waals surface area contributed by atoms with Crippen molar-refractivity contribution in [3.05, 3.63) is 66.2 Å². The minimum atomic E-state index is -3.94. The van der Waals surface area contributed by atoms with E-state index < -0.39 is 22.0 Å². The Morgan fingerprint density at radius 3 is 2.05 bits per heavy atom. The van der Waals surface area contributed by atoms with Crippen molar-refractivity contribution in [2.45, 2.75) is 12.8 Å². The van der Waals surface area contributed by atoms with Crippen molar-refractivity contribution in [1.29, 1.82) is 0 Å². The number of carbonyl (C=O) groups excluding carboxylic acids is 1. The lowest BCUT2D eigenvalue weighted by Crippen LogP contribution is -2.37. The molecule has 2 rings (SSSR count). The SMILES string of the molecule is CC(C(=O)NS(=O)(=O)Nc1ccccc1)c1ccccc1. The van der Waals surface area contributed by atoms with Crippen LogP contribution in [-0.4, -0.2) is 14.3 Å². The van der Waals surface area contributed by atoms with Gasteiger partial charge in [-0.1, -0.05) is 48.5 Å². The Morgan fingerprint density at radius 1 is 0.952 bits per heavy atom. The normalized spacial score (nSPS) is 12.4. The van der Waals surface area contributed by atoms with Crippen molar-refractivity contribution < 1.29 is 13.2 Å². The fourth-order valence-corrected chi connectivity index (χ4v) is 2.74. The number of hydrogen-bond acceptors (Lipinski definition) is 3. The van der Waals surface area contributed by atoms with Gasteiger partial charge < -0.3 is 0 Å². The van der Waals surface area contributed by atoms with E-state index in [-0.39, 0.29) is 0 Å². The number of para-hydroxylation sites is 1. The standard InChI is InChI=1S/C15H16N2O3S/c1-12(13-8-4-2-5-9-13)15(18)17-21(19,20)16-14-10-6-3-7-11-14/h2-12,16H,1H3,(H,17,18). The highest BCUT2D eigenvalue weighted by Crippen LogP contribution is 2.15. The predicted octanol–water partition coefficient (Wildman–Crippen LogP) is 2.26. The second kappa shape index (κ2) is 6.41. The molecule has 110 valence electrons. The fraction of sp³-hybridized carbons (Fsp3) is 0.133. The van der Waals surface area contributed by atoms with Crippen molar-refractivity contribution in [1.82, 2.24) is 4.72 Å². The van der Waals surface area contributed by atoms with Crippen LogP contribution in [-0.2, 0) is 15.0 Å². The summed E-state index contributed by atoms with van der Waals surface area (Å²) in [6.07, 6.45) is 0. The van der Waals surface area contributed by atoms with Gasteiger partial charge in [-0.2, -0.15) is 8.42 Å². The minimum absolute atomic E-state index is 0.394. The molecule has 2 aromatic rings. The molecule has 5 nitrogen and oxygen atoms in total. The van der Waals surface area contributed by atoms with Crippen LogP contribution < -0.4 is 9.44 Å². The van der Waals surface area contributed by atoms with Gasteiger partial charge in [0.05, 0.1) is 11.6 Å². The molecule has 2 aromatic carbocycles. The smallest absolute Gasteiger partial charge is 0.273 e. The Hall–Kier alpha value is -2.34. The summed E-state index contributed by atoms with van der Waals surface area (Å²) < 4.78 is 28.1. The number of benzene rings is 2. The molecule has 2 N–H and O–H groups in total. The topological polar surface area (TPSA) is 75.3 Å². The van der Waals surface area contributed by atoms with Gasteiger partial charge in [0.25, 0.3) is 0 Å². The van der Waals surface area contributed by atoms with Crippen LogP contribution in [0.15, 0.2) is 60.7 Å². The lowest BCUT2D eigenvalue weighted by molar-refractivity contribution is -0.120. The first-order valence-electron chi connectivity index (χ1n) is 6.42. The zero-order valence-corrected chi connectivity index (χ0v) is 12.3. The van der Waals surface area contributed by atoms with Crippen molar-refractivity contribution in [3.63, 3.8) is 0 Å². The highest BCUT2D eigenvalue weighted by Gasteiger charge is 2.20. The third-order valence-corrected chi connectivity index (χ3v) is 3.93. The molecule has 0 aliphatic carbocycles. The summed E-state index contributed by atoms with van der Waals surface area (Å²) in [5, 5.41) is 0. The largest absolute Gasteiger partial charge is 0.323 e. The van der Waals surface area contributed by atoms with E-state index in [1.807, 2.05) is 10.8 Å². The van der Waals surface area contributed by atoms with Gasteiger partial charge in [0.2, 0.25) is 5.91 Å². The van der Waals surface area contributed by atoms with E-state index in [9.17, 15) is 13.2 Å². The molecule has 21 heavy (non-hydrogen) atoms. The Balaban J connectivity index is 2.05. The molecule has 0 heterocycles.